The van der Waals surface area contributed by atoms with Crippen LogP contribution in [-0.4, -0.2) is 23.9 Å². The third-order valence-electron chi connectivity index (χ3n) is 4.67. The van der Waals surface area contributed by atoms with E-state index in [1.807, 2.05) is 29.2 Å². The van der Waals surface area contributed by atoms with Crippen LogP contribution in [0.3, 0.4) is 0 Å². The second-order valence-electron chi connectivity index (χ2n) is 6.35. The number of amides is 1. The predicted molar refractivity (Wildman–Crippen MR) is 94.7 cm³/mol. The molecular formula is C21H25NO. The molecule has 0 unspecified atom stereocenters. The fourth-order valence-electron chi connectivity index (χ4n) is 3.31. The molecule has 1 heterocycles. The topological polar surface area (TPSA) is 20.3 Å². The van der Waals surface area contributed by atoms with Crippen LogP contribution < -0.4 is 0 Å². The Balaban J connectivity index is 1.73. The van der Waals surface area contributed by atoms with Gasteiger partial charge < -0.3 is 4.90 Å². The number of benzene rings is 2. The Kier molecular flexibility index (Phi) is 5.46. The molecule has 1 aliphatic heterocycles. The highest BCUT2D eigenvalue weighted by Crippen LogP contribution is 2.18. The average Bonchev–Trinajstić information content (AvgIpc) is 2.90. The van der Waals surface area contributed by atoms with Gasteiger partial charge in [-0.05, 0) is 42.9 Å². The number of carbonyl (C=O) groups is 1. The lowest BCUT2D eigenvalue weighted by Gasteiger charge is -2.22. The van der Waals surface area contributed by atoms with Gasteiger partial charge in [-0.15, -0.1) is 0 Å². The number of aryl methyl sites for hydroxylation is 2. The fraction of sp³-hybridized carbons (Fsp3) is 0.381. The van der Waals surface area contributed by atoms with E-state index in [4.69, 9.17) is 0 Å². The average molecular weight is 307 g/mol. The predicted octanol–water partition coefficient (Wildman–Crippen LogP) is 4.49. The van der Waals surface area contributed by atoms with Gasteiger partial charge in [-0.1, -0.05) is 61.4 Å². The van der Waals surface area contributed by atoms with Crippen LogP contribution in [0.15, 0.2) is 54.6 Å². The molecule has 1 aliphatic rings. The summed E-state index contributed by atoms with van der Waals surface area (Å²) in [6.45, 7) is 1.82. The van der Waals surface area contributed by atoms with E-state index in [-0.39, 0.29) is 5.91 Å². The highest BCUT2D eigenvalue weighted by Gasteiger charge is 2.19. The van der Waals surface area contributed by atoms with Crippen LogP contribution >= 0.6 is 0 Å². The minimum absolute atomic E-state index is 0.218. The number of carbonyl (C=O) groups excluding carboxylic acids is 1. The molecule has 2 heteroatoms. The monoisotopic (exact) mass is 307 g/mol. The van der Waals surface area contributed by atoms with E-state index >= 15 is 0 Å². The maximum Gasteiger partial charge on any atom is 0.254 e. The zero-order valence-electron chi connectivity index (χ0n) is 13.7. The zero-order valence-corrected chi connectivity index (χ0v) is 13.7. The van der Waals surface area contributed by atoms with Crippen molar-refractivity contribution in [1.29, 1.82) is 0 Å². The summed E-state index contributed by atoms with van der Waals surface area (Å²) in [5.74, 6) is 0.218. The second kappa shape index (κ2) is 7.96. The highest BCUT2D eigenvalue weighted by atomic mass is 16.2. The van der Waals surface area contributed by atoms with Gasteiger partial charge in [-0.2, -0.15) is 0 Å². The lowest BCUT2D eigenvalue weighted by Crippen LogP contribution is -2.32. The van der Waals surface area contributed by atoms with Gasteiger partial charge in [-0.3, -0.25) is 4.79 Å². The summed E-state index contributed by atoms with van der Waals surface area (Å²) in [5.41, 5.74) is 3.39. The molecule has 1 fully saturated rings. The van der Waals surface area contributed by atoms with E-state index < -0.39 is 0 Å². The minimum Gasteiger partial charge on any atom is -0.339 e. The van der Waals surface area contributed by atoms with Gasteiger partial charge in [0.15, 0.2) is 0 Å². The van der Waals surface area contributed by atoms with Gasteiger partial charge >= 0.3 is 0 Å². The molecule has 120 valence electrons. The first-order valence-corrected chi connectivity index (χ1v) is 8.76. The van der Waals surface area contributed by atoms with E-state index in [1.54, 1.807) is 0 Å². The SMILES string of the molecule is O=C(c1ccccc1CCc1ccccc1)N1CCCCCC1. The van der Waals surface area contributed by atoms with Crippen molar-refractivity contribution >= 4 is 5.91 Å². The summed E-state index contributed by atoms with van der Waals surface area (Å²) in [4.78, 5) is 15.0. The van der Waals surface area contributed by atoms with E-state index in [1.165, 1.54) is 24.0 Å². The number of nitrogens with zero attached hydrogens (tertiary/aromatic N) is 1. The quantitative estimate of drug-likeness (QED) is 0.815. The van der Waals surface area contributed by atoms with Crippen LogP contribution in [0.25, 0.3) is 0 Å². The summed E-state index contributed by atoms with van der Waals surface area (Å²) in [6.07, 6.45) is 6.67. The third kappa shape index (κ3) is 4.22. The molecular weight excluding hydrogens is 282 g/mol. The molecule has 0 atom stereocenters. The zero-order chi connectivity index (χ0) is 15.9. The van der Waals surface area contributed by atoms with Crippen molar-refractivity contribution in [3.63, 3.8) is 0 Å². The first kappa shape index (κ1) is 15.8. The summed E-state index contributed by atoms with van der Waals surface area (Å²) in [5, 5.41) is 0. The standard InChI is InChI=1S/C21H25NO/c23-21(22-16-8-1-2-9-17-22)20-13-7-6-12-19(20)15-14-18-10-4-3-5-11-18/h3-7,10-13H,1-2,8-9,14-17H2. The molecule has 0 N–H and O–H groups in total. The molecule has 3 rings (SSSR count). The number of hydrogen-bond acceptors (Lipinski definition) is 1. The van der Waals surface area contributed by atoms with Gasteiger partial charge in [0.25, 0.3) is 5.91 Å². The number of likely N-dealkylation sites (tertiary alicyclic amines) is 1. The van der Waals surface area contributed by atoms with E-state index in [0.717, 1.165) is 44.3 Å². The first-order chi connectivity index (χ1) is 11.3. The maximum atomic E-state index is 12.9. The van der Waals surface area contributed by atoms with Crippen molar-refractivity contribution in [3.05, 3.63) is 71.3 Å². The van der Waals surface area contributed by atoms with Crippen molar-refractivity contribution in [2.75, 3.05) is 13.1 Å². The molecule has 0 spiro atoms. The van der Waals surface area contributed by atoms with Crippen LogP contribution in [0, 0.1) is 0 Å². The van der Waals surface area contributed by atoms with Crippen LogP contribution in [0.4, 0.5) is 0 Å². The smallest absolute Gasteiger partial charge is 0.254 e. The summed E-state index contributed by atoms with van der Waals surface area (Å²) < 4.78 is 0. The van der Waals surface area contributed by atoms with Crippen molar-refractivity contribution in [2.45, 2.75) is 38.5 Å². The number of hydrogen-bond donors (Lipinski definition) is 0. The first-order valence-electron chi connectivity index (χ1n) is 8.76. The molecule has 0 saturated carbocycles. The molecule has 1 amide bonds. The molecule has 23 heavy (non-hydrogen) atoms. The van der Waals surface area contributed by atoms with Crippen molar-refractivity contribution in [3.8, 4) is 0 Å². The normalized spacial score (nSPS) is 15.2. The van der Waals surface area contributed by atoms with Gasteiger partial charge in [0.05, 0.1) is 0 Å². The molecule has 2 aromatic carbocycles. The lowest BCUT2D eigenvalue weighted by atomic mass is 9.99. The van der Waals surface area contributed by atoms with Crippen LogP contribution in [-0.2, 0) is 12.8 Å². The molecule has 2 nitrogen and oxygen atoms in total. The Bertz CT molecular complexity index is 627. The largest absolute Gasteiger partial charge is 0.339 e. The van der Waals surface area contributed by atoms with Gasteiger partial charge in [0.2, 0.25) is 0 Å². The Hall–Kier alpha value is -2.09. The Morgan fingerprint density at radius 3 is 2.17 bits per heavy atom. The summed E-state index contributed by atoms with van der Waals surface area (Å²) >= 11 is 0. The van der Waals surface area contributed by atoms with Crippen molar-refractivity contribution < 1.29 is 4.79 Å². The molecule has 0 radical (unpaired) electrons. The number of rotatable bonds is 4. The maximum absolute atomic E-state index is 12.9. The summed E-state index contributed by atoms with van der Waals surface area (Å²) in [6, 6.07) is 18.6. The van der Waals surface area contributed by atoms with Crippen LogP contribution in [0.1, 0.15) is 47.2 Å². The molecule has 0 bridgehead atoms. The Labute approximate surface area is 139 Å². The fourth-order valence-corrected chi connectivity index (χ4v) is 3.31. The molecule has 0 aromatic heterocycles. The van der Waals surface area contributed by atoms with Crippen LogP contribution in [0.2, 0.25) is 0 Å². The van der Waals surface area contributed by atoms with Gasteiger partial charge in [0, 0.05) is 18.7 Å². The highest BCUT2D eigenvalue weighted by molar-refractivity contribution is 5.95. The van der Waals surface area contributed by atoms with E-state index in [0.29, 0.717) is 0 Å². The molecule has 0 aliphatic carbocycles. The van der Waals surface area contributed by atoms with Crippen molar-refractivity contribution in [2.24, 2.45) is 0 Å². The lowest BCUT2D eigenvalue weighted by molar-refractivity contribution is 0.0760. The second-order valence-corrected chi connectivity index (χ2v) is 6.35. The van der Waals surface area contributed by atoms with Crippen molar-refractivity contribution in [1.82, 2.24) is 4.90 Å². The molecule has 2 aromatic rings. The van der Waals surface area contributed by atoms with E-state index in [2.05, 4.69) is 30.3 Å². The van der Waals surface area contributed by atoms with Crippen LogP contribution in [0.5, 0.6) is 0 Å². The van der Waals surface area contributed by atoms with Gasteiger partial charge in [-0.25, -0.2) is 0 Å². The van der Waals surface area contributed by atoms with Gasteiger partial charge in [0.1, 0.15) is 0 Å². The Morgan fingerprint density at radius 2 is 1.43 bits per heavy atom. The Morgan fingerprint density at radius 1 is 0.783 bits per heavy atom. The minimum atomic E-state index is 0.218. The summed E-state index contributed by atoms with van der Waals surface area (Å²) in [7, 11) is 0. The molecule has 1 saturated heterocycles. The van der Waals surface area contributed by atoms with E-state index in [9.17, 15) is 4.79 Å². The third-order valence-corrected chi connectivity index (χ3v) is 4.67.